The number of rotatable bonds is 15. The Morgan fingerprint density at radius 3 is 2.36 bits per heavy atom. The van der Waals surface area contributed by atoms with E-state index in [0.29, 0.717) is 43.9 Å². The van der Waals surface area contributed by atoms with Crippen LogP contribution in [0.25, 0.3) is 0 Å². The van der Waals surface area contributed by atoms with Crippen molar-refractivity contribution in [3.05, 3.63) is 29.8 Å². The summed E-state index contributed by atoms with van der Waals surface area (Å²) in [6.07, 6.45) is 0.434. The van der Waals surface area contributed by atoms with E-state index in [4.69, 9.17) is 14.0 Å². The lowest BCUT2D eigenvalue weighted by atomic mass is 10.2. The van der Waals surface area contributed by atoms with Crippen molar-refractivity contribution in [2.24, 2.45) is 0 Å². The summed E-state index contributed by atoms with van der Waals surface area (Å²) in [5.41, 5.74) is 2.47. The molecule has 0 spiro atoms. The summed E-state index contributed by atoms with van der Waals surface area (Å²) in [5, 5.41) is 0. The molecule has 0 unspecified atom stereocenters. The van der Waals surface area contributed by atoms with E-state index in [1.807, 2.05) is 14.1 Å². The lowest BCUT2D eigenvalue weighted by molar-refractivity contribution is -0.890. The lowest BCUT2D eigenvalue weighted by Gasteiger charge is -2.29. The van der Waals surface area contributed by atoms with Crippen molar-refractivity contribution < 1.29 is 26.9 Å². The van der Waals surface area contributed by atoms with Gasteiger partial charge in [0.15, 0.2) is 0 Å². The SMILES string of the molecule is CCN(CCOCCOCC[N+](C)(C)CCCS(=O)(=O)O)c1cccc(C)c1. The van der Waals surface area contributed by atoms with Crippen molar-refractivity contribution in [2.75, 3.05) is 77.4 Å². The van der Waals surface area contributed by atoms with Crippen LogP contribution >= 0.6 is 0 Å². The first-order valence-corrected chi connectivity index (χ1v) is 11.5. The van der Waals surface area contributed by atoms with Crippen LogP contribution in [0, 0.1) is 6.92 Å². The van der Waals surface area contributed by atoms with Crippen LogP contribution in [0.5, 0.6) is 0 Å². The Kier molecular flexibility index (Phi) is 11.0. The second kappa shape index (κ2) is 12.4. The van der Waals surface area contributed by atoms with Crippen LogP contribution in [0.4, 0.5) is 5.69 Å². The number of benzene rings is 1. The number of aryl methyl sites for hydroxylation is 1. The van der Waals surface area contributed by atoms with Crippen molar-refractivity contribution in [3.8, 4) is 0 Å². The van der Waals surface area contributed by atoms with Gasteiger partial charge in [-0.15, -0.1) is 0 Å². The fraction of sp³-hybridized carbons (Fsp3) is 0.700. The zero-order valence-corrected chi connectivity index (χ0v) is 18.6. The molecule has 0 aromatic heterocycles. The summed E-state index contributed by atoms with van der Waals surface area (Å²) in [6, 6.07) is 8.47. The molecule has 1 rings (SSSR count). The molecule has 0 radical (unpaired) electrons. The van der Waals surface area contributed by atoms with Crippen LogP contribution in [0.3, 0.4) is 0 Å². The molecule has 7 nitrogen and oxygen atoms in total. The van der Waals surface area contributed by atoms with Gasteiger partial charge in [0, 0.05) is 25.2 Å². The fourth-order valence-electron chi connectivity index (χ4n) is 2.89. The minimum atomic E-state index is -3.87. The molecule has 0 heterocycles. The van der Waals surface area contributed by atoms with E-state index >= 15 is 0 Å². The van der Waals surface area contributed by atoms with Crippen LogP contribution in [-0.4, -0.2) is 89.9 Å². The number of anilines is 1. The second-order valence-corrected chi connectivity index (χ2v) is 9.24. The van der Waals surface area contributed by atoms with Gasteiger partial charge in [-0.1, -0.05) is 12.1 Å². The third-order valence-corrected chi connectivity index (χ3v) is 5.44. The van der Waals surface area contributed by atoms with E-state index in [-0.39, 0.29) is 5.75 Å². The maximum Gasteiger partial charge on any atom is 0.265 e. The Hall–Kier alpha value is -1.19. The molecule has 1 N–H and O–H groups in total. The normalized spacial score (nSPS) is 12.3. The highest BCUT2D eigenvalue weighted by molar-refractivity contribution is 7.85. The Morgan fingerprint density at radius 1 is 1.07 bits per heavy atom. The number of quaternary nitrogens is 1. The highest BCUT2D eigenvalue weighted by atomic mass is 32.2. The van der Waals surface area contributed by atoms with E-state index < -0.39 is 10.1 Å². The molecule has 0 fully saturated rings. The molecule has 0 aliphatic heterocycles. The molecular formula is C20H37N2O5S+. The van der Waals surface area contributed by atoms with Crippen LogP contribution in [0.15, 0.2) is 24.3 Å². The molecule has 8 heteroatoms. The highest BCUT2D eigenvalue weighted by Crippen LogP contribution is 2.15. The van der Waals surface area contributed by atoms with E-state index in [9.17, 15) is 8.42 Å². The van der Waals surface area contributed by atoms with Gasteiger partial charge in [0.25, 0.3) is 10.1 Å². The molecule has 0 aliphatic rings. The zero-order chi connectivity index (χ0) is 21.0. The third kappa shape index (κ3) is 11.6. The molecule has 162 valence electrons. The Morgan fingerprint density at radius 2 is 1.75 bits per heavy atom. The third-order valence-electron chi connectivity index (χ3n) is 4.63. The monoisotopic (exact) mass is 417 g/mol. The van der Waals surface area contributed by atoms with Crippen molar-refractivity contribution in [1.29, 1.82) is 0 Å². The van der Waals surface area contributed by atoms with E-state index in [2.05, 4.69) is 43.0 Å². The predicted octanol–water partition coefficient (Wildman–Crippen LogP) is 2.21. The van der Waals surface area contributed by atoms with Gasteiger partial charge >= 0.3 is 0 Å². The smallest absolute Gasteiger partial charge is 0.265 e. The van der Waals surface area contributed by atoms with Gasteiger partial charge in [0.1, 0.15) is 6.54 Å². The van der Waals surface area contributed by atoms with Crippen molar-refractivity contribution in [2.45, 2.75) is 20.3 Å². The van der Waals surface area contributed by atoms with Crippen LogP contribution in [0.1, 0.15) is 18.9 Å². The zero-order valence-electron chi connectivity index (χ0n) is 17.8. The van der Waals surface area contributed by atoms with E-state index in [1.54, 1.807) is 0 Å². The number of nitrogens with zero attached hydrogens (tertiary/aromatic N) is 2. The lowest BCUT2D eigenvalue weighted by Crippen LogP contribution is -2.43. The van der Waals surface area contributed by atoms with Gasteiger partial charge in [0.05, 0.1) is 52.8 Å². The van der Waals surface area contributed by atoms with Gasteiger partial charge in [-0.2, -0.15) is 8.42 Å². The average Bonchev–Trinajstić information content (AvgIpc) is 2.59. The predicted molar refractivity (Wildman–Crippen MR) is 114 cm³/mol. The maximum absolute atomic E-state index is 10.8. The van der Waals surface area contributed by atoms with Gasteiger partial charge < -0.3 is 18.9 Å². The molecular weight excluding hydrogens is 380 g/mol. The number of hydrogen-bond acceptors (Lipinski definition) is 5. The first-order chi connectivity index (χ1) is 13.1. The summed E-state index contributed by atoms with van der Waals surface area (Å²) in [4.78, 5) is 2.29. The van der Waals surface area contributed by atoms with Crippen molar-refractivity contribution >= 4 is 15.8 Å². The summed E-state index contributed by atoms with van der Waals surface area (Å²) in [7, 11) is 0.171. The molecule has 0 saturated carbocycles. The summed E-state index contributed by atoms with van der Waals surface area (Å²) >= 11 is 0. The standard InChI is InChI=1S/C20H36N2O5S/c1-5-21(20-9-6-8-19(2)18-20)10-13-26-15-16-27-14-12-22(3,4)11-7-17-28(23,24)25/h6,8-9,18H,5,7,10-17H2,1-4H3/p+1. The minimum absolute atomic E-state index is 0.194. The summed E-state index contributed by atoms with van der Waals surface area (Å²) < 4.78 is 42.3. The first-order valence-electron chi connectivity index (χ1n) is 9.87. The number of hydrogen-bond donors (Lipinski definition) is 1. The molecule has 1 aromatic rings. The molecule has 0 aliphatic carbocycles. The number of ether oxygens (including phenoxy) is 2. The fourth-order valence-corrected chi connectivity index (χ4v) is 3.38. The summed E-state index contributed by atoms with van der Waals surface area (Å²) in [5.74, 6) is -0.194. The van der Waals surface area contributed by atoms with Gasteiger partial charge in [-0.3, -0.25) is 4.55 Å². The topological polar surface area (TPSA) is 76.1 Å². The van der Waals surface area contributed by atoms with Gasteiger partial charge in [0.2, 0.25) is 0 Å². The highest BCUT2D eigenvalue weighted by Gasteiger charge is 2.16. The molecule has 0 bridgehead atoms. The van der Waals surface area contributed by atoms with Crippen molar-refractivity contribution in [1.82, 2.24) is 0 Å². The maximum atomic E-state index is 10.8. The van der Waals surface area contributed by atoms with Crippen LogP contribution in [0.2, 0.25) is 0 Å². The molecule has 0 atom stereocenters. The molecule has 0 amide bonds. The van der Waals surface area contributed by atoms with Gasteiger partial charge in [-0.25, -0.2) is 0 Å². The van der Waals surface area contributed by atoms with Crippen molar-refractivity contribution in [3.63, 3.8) is 0 Å². The average molecular weight is 418 g/mol. The minimum Gasteiger partial charge on any atom is -0.377 e. The first kappa shape index (κ1) is 24.8. The second-order valence-electron chi connectivity index (χ2n) is 7.67. The Balaban J connectivity index is 2.10. The Labute approximate surface area is 170 Å². The van der Waals surface area contributed by atoms with E-state index in [1.165, 1.54) is 11.3 Å². The molecule has 28 heavy (non-hydrogen) atoms. The largest absolute Gasteiger partial charge is 0.377 e. The van der Waals surface area contributed by atoms with Crippen LogP contribution < -0.4 is 4.90 Å². The van der Waals surface area contributed by atoms with Gasteiger partial charge in [-0.05, 0) is 31.5 Å². The van der Waals surface area contributed by atoms with E-state index in [0.717, 1.165) is 19.6 Å². The number of likely N-dealkylation sites (N-methyl/N-ethyl adjacent to an activating group) is 2. The molecule has 1 aromatic carbocycles. The van der Waals surface area contributed by atoms with Crippen LogP contribution in [-0.2, 0) is 19.6 Å². The molecule has 0 saturated heterocycles. The Bertz CT molecular complexity index is 664. The quantitative estimate of drug-likeness (QED) is 0.268. The summed E-state index contributed by atoms with van der Waals surface area (Å²) in [6.45, 7) is 9.82.